The van der Waals surface area contributed by atoms with E-state index in [4.69, 9.17) is 4.74 Å². The Morgan fingerprint density at radius 3 is 2.62 bits per heavy atom. The first-order chi connectivity index (χ1) is 11.5. The lowest BCUT2D eigenvalue weighted by Crippen LogP contribution is -2.40. The number of hydrogen-bond acceptors (Lipinski definition) is 6. The molecule has 1 amide bonds. The maximum Gasteiger partial charge on any atom is 0.302 e. The number of carbonyl (C=O) groups excluding carboxylic acids is 2. The van der Waals surface area contributed by atoms with Crippen molar-refractivity contribution >= 4 is 11.9 Å². The Morgan fingerprint density at radius 2 is 2.00 bits per heavy atom. The van der Waals surface area contributed by atoms with Crippen LogP contribution in [0, 0.1) is 0 Å². The van der Waals surface area contributed by atoms with Gasteiger partial charge in [-0.05, 0) is 49.5 Å². The summed E-state index contributed by atoms with van der Waals surface area (Å²) in [6.45, 7) is 4.17. The van der Waals surface area contributed by atoms with Crippen molar-refractivity contribution in [3.05, 3.63) is 5.82 Å². The Labute approximate surface area is 142 Å². The van der Waals surface area contributed by atoms with Crippen LogP contribution in [0.3, 0.4) is 0 Å². The molecule has 0 unspecified atom stereocenters. The summed E-state index contributed by atoms with van der Waals surface area (Å²) in [7, 11) is 1.87. The van der Waals surface area contributed by atoms with E-state index in [9.17, 15) is 9.59 Å². The number of nitrogens with zero attached hydrogens (tertiary/aromatic N) is 5. The van der Waals surface area contributed by atoms with Crippen molar-refractivity contribution in [3.63, 3.8) is 0 Å². The maximum atomic E-state index is 12.4. The smallest absolute Gasteiger partial charge is 0.302 e. The number of amides is 1. The van der Waals surface area contributed by atoms with Gasteiger partial charge in [0.05, 0.1) is 0 Å². The normalized spacial score (nSPS) is 20.6. The average Bonchev–Trinajstić information content (AvgIpc) is 3.01. The van der Waals surface area contributed by atoms with Crippen molar-refractivity contribution in [3.8, 4) is 0 Å². The number of tetrazole rings is 1. The van der Waals surface area contributed by atoms with Crippen molar-refractivity contribution in [2.45, 2.75) is 77.5 Å². The third-order valence-electron chi connectivity index (χ3n) is 4.61. The molecule has 0 bridgehead atoms. The lowest BCUT2D eigenvalue weighted by atomic mass is 9.92. The lowest BCUT2D eigenvalue weighted by Gasteiger charge is -2.34. The van der Waals surface area contributed by atoms with Crippen molar-refractivity contribution in [1.82, 2.24) is 25.1 Å². The summed E-state index contributed by atoms with van der Waals surface area (Å²) in [6, 6.07) is 0.241. The molecule has 0 atom stereocenters. The van der Waals surface area contributed by atoms with Gasteiger partial charge < -0.3 is 9.64 Å². The Bertz CT molecular complexity index is 552. The SMILES string of the molecule is CCn1nnnc1CCCC(=O)N(C)C1CCC(OC(C)=O)CC1. The zero-order valence-electron chi connectivity index (χ0n) is 14.8. The number of carbonyl (C=O) groups is 2. The number of rotatable bonds is 7. The highest BCUT2D eigenvalue weighted by Crippen LogP contribution is 2.25. The van der Waals surface area contributed by atoms with E-state index >= 15 is 0 Å². The number of ether oxygens (including phenoxy) is 1. The number of hydrogen-bond donors (Lipinski definition) is 0. The number of esters is 1. The highest BCUT2D eigenvalue weighted by molar-refractivity contribution is 5.76. The van der Waals surface area contributed by atoms with Crippen molar-refractivity contribution < 1.29 is 14.3 Å². The average molecular weight is 337 g/mol. The molecule has 0 N–H and O–H groups in total. The van der Waals surface area contributed by atoms with Crippen LogP contribution in [0.1, 0.15) is 58.2 Å². The minimum absolute atomic E-state index is 0.00940. The molecule has 8 nitrogen and oxygen atoms in total. The van der Waals surface area contributed by atoms with Crippen molar-refractivity contribution in [1.29, 1.82) is 0 Å². The second-order valence-corrected chi connectivity index (χ2v) is 6.31. The largest absolute Gasteiger partial charge is 0.463 e. The highest BCUT2D eigenvalue weighted by atomic mass is 16.5. The summed E-state index contributed by atoms with van der Waals surface area (Å²) in [5, 5.41) is 11.5. The van der Waals surface area contributed by atoms with Gasteiger partial charge in [0.2, 0.25) is 5.91 Å². The predicted molar refractivity (Wildman–Crippen MR) is 87.0 cm³/mol. The van der Waals surface area contributed by atoms with Gasteiger partial charge in [0, 0.05) is 39.4 Å². The number of aromatic nitrogens is 4. The van der Waals surface area contributed by atoms with Gasteiger partial charge in [-0.2, -0.15) is 0 Å². The van der Waals surface area contributed by atoms with Gasteiger partial charge in [-0.1, -0.05) is 0 Å². The fraction of sp³-hybridized carbons (Fsp3) is 0.812. The first-order valence-corrected chi connectivity index (χ1v) is 8.69. The van der Waals surface area contributed by atoms with Gasteiger partial charge in [0.25, 0.3) is 0 Å². The summed E-state index contributed by atoms with van der Waals surface area (Å²) in [4.78, 5) is 25.2. The molecule has 1 aromatic rings. The Kier molecular flexibility index (Phi) is 6.69. The van der Waals surface area contributed by atoms with Gasteiger partial charge in [-0.25, -0.2) is 4.68 Å². The third kappa shape index (κ3) is 5.01. The zero-order chi connectivity index (χ0) is 17.5. The number of aryl methyl sites for hydroxylation is 2. The zero-order valence-corrected chi connectivity index (χ0v) is 14.8. The molecule has 134 valence electrons. The second kappa shape index (κ2) is 8.75. The Hall–Kier alpha value is -1.99. The first kappa shape index (κ1) is 18.4. The molecule has 0 aliphatic heterocycles. The van der Waals surface area contributed by atoms with Gasteiger partial charge in [0.1, 0.15) is 6.10 Å². The van der Waals surface area contributed by atoms with Gasteiger partial charge in [0.15, 0.2) is 5.82 Å². The van der Waals surface area contributed by atoms with Crippen molar-refractivity contribution in [2.75, 3.05) is 7.05 Å². The summed E-state index contributed by atoms with van der Waals surface area (Å²) in [6.07, 6.45) is 5.38. The molecule has 1 aromatic heterocycles. The van der Waals surface area contributed by atoms with E-state index in [1.807, 2.05) is 18.9 Å². The minimum atomic E-state index is -0.225. The Morgan fingerprint density at radius 1 is 1.29 bits per heavy atom. The van der Waals surface area contributed by atoms with Gasteiger partial charge >= 0.3 is 5.97 Å². The van der Waals surface area contributed by atoms with Crippen LogP contribution in [-0.4, -0.2) is 56.2 Å². The first-order valence-electron chi connectivity index (χ1n) is 8.69. The summed E-state index contributed by atoms with van der Waals surface area (Å²) in [5.41, 5.74) is 0. The Balaban J connectivity index is 1.71. The van der Waals surface area contributed by atoms with Crippen LogP contribution < -0.4 is 0 Å². The summed E-state index contributed by atoms with van der Waals surface area (Å²) in [5.74, 6) is 0.758. The molecule has 0 aromatic carbocycles. The predicted octanol–water partition coefficient (Wildman–Crippen LogP) is 1.35. The van der Waals surface area contributed by atoms with Gasteiger partial charge in [-0.3, -0.25) is 9.59 Å². The molecular weight excluding hydrogens is 310 g/mol. The van der Waals surface area contributed by atoms with E-state index in [-0.39, 0.29) is 24.0 Å². The van der Waals surface area contributed by atoms with Crippen LogP contribution in [0.2, 0.25) is 0 Å². The molecule has 0 saturated heterocycles. The molecule has 0 radical (unpaired) electrons. The molecule has 1 aliphatic carbocycles. The molecule has 1 saturated carbocycles. The van der Waals surface area contributed by atoms with E-state index in [0.29, 0.717) is 12.8 Å². The lowest BCUT2D eigenvalue weighted by molar-refractivity contribution is -0.149. The quantitative estimate of drug-likeness (QED) is 0.698. The van der Waals surface area contributed by atoms with E-state index in [1.165, 1.54) is 6.92 Å². The van der Waals surface area contributed by atoms with Crippen molar-refractivity contribution in [2.24, 2.45) is 0 Å². The summed E-state index contributed by atoms with van der Waals surface area (Å²) >= 11 is 0. The van der Waals surface area contributed by atoms with Gasteiger partial charge in [-0.15, -0.1) is 5.10 Å². The maximum absolute atomic E-state index is 12.4. The van der Waals surface area contributed by atoms with Crippen LogP contribution in [0.5, 0.6) is 0 Å². The van der Waals surface area contributed by atoms with Crippen LogP contribution >= 0.6 is 0 Å². The fourth-order valence-electron chi connectivity index (χ4n) is 3.21. The van der Waals surface area contributed by atoms with Crippen LogP contribution in [0.15, 0.2) is 0 Å². The van der Waals surface area contributed by atoms with Crippen LogP contribution in [0.25, 0.3) is 0 Å². The molecule has 8 heteroatoms. The third-order valence-corrected chi connectivity index (χ3v) is 4.61. The topological polar surface area (TPSA) is 90.2 Å². The minimum Gasteiger partial charge on any atom is -0.463 e. The molecular formula is C16H27N5O3. The summed E-state index contributed by atoms with van der Waals surface area (Å²) < 4.78 is 7.00. The van der Waals surface area contributed by atoms with E-state index in [2.05, 4.69) is 15.5 Å². The van der Waals surface area contributed by atoms with E-state index in [1.54, 1.807) is 4.68 Å². The fourth-order valence-corrected chi connectivity index (χ4v) is 3.21. The molecule has 1 aliphatic rings. The van der Waals surface area contributed by atoms with Crippen LogP contribution in [0.4, 0.5) is 0 Å². The molecule has 0 spiro atoms. The molecule has 24 heavy (non-hydrogen) atoms. The van der Waals surface area contributed by atoms with E-state index in [0.717, 1.165) is 44.5 Å². The molecule has 1 heterocycles. The monoisotopic (exact) mass is 337 g/mol. The standard InChI is InChI=1S/C16H27N5O3/c1-4-21-15(17-18-19-21)6-5-7-16(23)20(3)13-8-10-14(11-9-13)24-12(2)22/h13-14H,4-11H2,1-3H3. The second-order valence-electron chi connectivity index (χ2n) is 6.31. The molecule has 1 fully saturated rings. The molecule has 2 rings (SSSR count). The van der Waals surface area contributed by atoms with Crippen LogP contribution in [-0.2, 0) is 27.3 Å². The highest BCUT2D eigenvalue weighted by Gasteiger charge is 2.27. The van der Waals surface area contributed by atoms with E-state index < -0.39 is 0 Å².